The fourth-order valence-electron chi connectivity index (χ4n) is 9.18. The van der Waals surface area contributed by atoms with Gasteiger partial charge in [0, 0.05) is 30.5 Å². The van der Waals surface area contributed by atoms with Gasteiger partial charge in [0.2, 0.25) is 0 Å². The number of fused-ring (bicyclic) bond motifs is 5. The van der Waals surface area contributed by atoms with Crippen LogP contribution >= 0.6 is 0 Å². The lowest BCUT2D eigenvalue weighted by Crippen LogP contribution is -2.50. The van der Waals surface area contributed by atoms with Gasteiger partial charge in [0.05, 0.1) is 0 Å². The quantitative estimate of drug-likeness (QED) is 0.350. The van der Waals surface area contributed by atoms with Crippen LogP contribution in [0.4, 0.5) is 5.82 Å². The normalized spacial score (nSPS) is 35.7. The number of nitrogen functional groups attached to an aromatic ring is 1. The van der Waals surface area contributed by atoms with Crippen LogP contribution in [0.25, 0.3) is 11.1 Å². The lowest BCUT2D eigenvalue weighted by atomic mass is 9.47. The maximum atomic E-state index is 11.6. The molecular weight excluding hydrogens is 470 g/mol. The summed E-state index contributed by atoms with van der Waals surface area (Å²) in [5.41, 5.74) is 11.8. The van der Waals surface area contributed by atoms with Gasteiger partial charge in [-0.25, -0.2) is 4.98 Å². The second-order valence-electron chi connectivity index (χ2n) is 12.7. The van der Waals surface area contributed by atoms with Crippen molar-refractivity contribution in [2.24, 2.45) is 28.6 Å². The molecule has 3 saturated carbocycles. The van der Waals surface area contributed by atoms with E-state index in [1.165, 1.54) is 31.8 Å². The first-order valence-corrected chi connectivity index (χ1v) is 14.4. The van der Waals surface area contributed by atoms with Gasteiger partial charge >= 0.3 is 5.97 Å². The average Bonchev–Trinajstić information content (AvgIpc) is 3.26. The molecule has 198 valence electrons. The zero-order valence-corrected chi connectivity index (χ0v) is 22.9. The van der Waals surface area contributed by atoms with Crippen molar-refractivity contribution < 1.29 is 9.53 Å². The largest absolute Gasteiger partial charge is 0.462 e. The summed E-state index contributed by atoms with van der Waals surface area (Å²) in [6.45, 7) is 6.52. The second-order valence-corrected chi connectivity index (χ2v) is 12.7. The van der Waals surface area contributed by atoms with E-state index in [9.17, 15) is 10.1 Å². The van der Waals surface area contributed by atoms with Crippen molar-refractivity contribution in [2.45, 2.75) is 84.2 Å². The van der Waals surface area contributed by atoms with Crippen LogP contribution in [0.2, 0.25) is 0 Å². The van der Waals surface area contributed by atoms with E-state index in [0.717, 1.165) is 48.9 Å². The summed E-state index contributed by atoms with van der Waals surface area (Å²) in [7, 11) is 0. The number of nitriles is 1. The first kappa shape index (κ1) is 25.2. The van der Waals surface area contributed by atoms with Crippen molar-refractivity contribution in [2.75, 3.05) is 5.73 Å². The molecule has 1 heterocycles. The van der Waals surface area contributed by atoms with Crippen LogP contribution in [0.1, 0.15) is 89.3 Å². The molecule has 3 fully saturated rings. The maximum Gasteiger partial charge on any atom is 0.302 e. The number of nitrogens with zero attached hydrogens (tertiary/aromatic N) is 2. The van der Waals surface area contributed by atoms with Gasteiger partial charge in [-0.15, -0.1) is 0 Å². The van der Waals surface area contributed by atoms with Gasteiger partial charge in [-0.2, -0.15) is 5.26 Å². The highest BCUT2D eigenvalue weighted by Crippen LogP contribution is 2.68. The number of benzene rings is 1. The Morgan fingerprint density at radius 1 is 1.11 bits per heavy atom. The number of ether oxygens (including phenoxy) is 1. The number of carbonyl (C=O) groups is 1. The van der Waals surface area contributed by atoms with Gasteiger partial charge in [-0.1, -0.05) is 55.8 Å². The lowest BCUT2D eigenvalue weighted by molar-refractivity contribution is -0.148. The number of anilines is 1. The molecule has 1 aromatic carbocycles. The highest BCUT2D eigenvalue weighted by atomic mass is 16.5. The van der Waals surface area contributed by atoms with E-state index in [4.69, 9.17) is 15.5 Å². The molecule has 0 unspecified atom stereocenters. The Balaban J connectivity index is 1.31. The van der Waals surface area contributed by atoms with E-state index in [2.05, 4.69) is 32.1 Å². The molecule has 0 spiro atoms. The molecule has 0 aliphatic heterocycles. The molecule has 2 N–H and O–H groups in total. The van der Waals surface area contributed by atoms with Crippen LogP contribution in [0.15, 0.2) is 48.0 Å². The minimum atomic E-state index is -0.161. The Labute approximate surface area is 226 Å². The van der Waals surface area contributed by atoms with Crippen molar-refractivity contribution in [1.29, 1.82) is 5.26 Å². The number of aromatic nitrogens is 1. The maximum absolute atomic E-state index is 11.6. The summed E-state index contributed by atoms with van der Waals surface area (Å²) >= 11 is 0. The lowest BCUT2D eigenvalue weighted by Gasteiger charge is -2.58. The molecule has 5 heteroatoms. The van der Waals surface area contributed by atoms with Crippen LogP contribution in [-0.4, -0.2) is 17.1 Å². The predicted octanol–water partition coefficient (Wildman–Crippen LogP) is 7.18. The predicted molar refractivity (Wildman–Crippen MR) is 149 cm³/mol. The van der Waals surface area contributed by atoms with Crippen molar-refractivity contribution in [1.82, 2.24) is 4.98 Å². The van der Waals surface area contributed by atoms with Gasteiger partial charge in [0.25, 0.3) is 0 Å². The summed E-state index contributed by atoms with van der Waals surface area (Å²) in [5.74, 6) is 2.57. The third-order valence-corrected chi connectivity index (χ3v) is 11.0. The van der Waals surface area contributed by atoms with Gasteiger partial charge in [-0.3, -0.25) is 4.79 Å². The first-order valence-electron chi connectivity index (χ1n) is 14.4. The summed E-state index contributed by atoms with van der Waals surface area (Å²) in [4.78, 5) is 16.4. The smallest absolute Gasteiger partial charge is 0.302 e. The molecule has 7 atom stereocenters. The Morgan fingerprint density at radius 3 is 2.63 bits per heavy atom. The molecule has 38 heavy (non-hydrogen) atoms. The number of hydrogen-bond acceptors (Lipinski definition) is 5. The molecule has 0 amide bonds. The summed E-state index contributed by atoms with van der Waals surface area (Å²) in [6.07, 6.45) is 11.4. The summed E-state index contributed by atoms with van der Waals surface area (Å²) < 4.78 is 5.62. The zero-order valence-electron chi connectivity index (χ0n) is 22.9. The molecule has 0 radical (unpaired) electrons. The minimum absolute atomic E-state index is 0.0415. The van der Waals surface area contributed by atoms with Gasteiger partial charge in [0.1, 0.15) is 23.6 Å². The van der Waals surface area contributed by atoms with E-state index in [1.807, 2.05) is 30.3 Å². The van der Waals surface area contributed by atoms with Crippen LogP contribution in [0.5, 0.6) is 0 Å². The molecule has 0 bridgehead atoms. The number of pyridine rings is 1. The fraction of sp³-hybridized carbons (Fsp3) is 0.545. The van der Waals surface area contributed by atoms with Gasteiger partial charge < -0.3 is 10.5 Å². The molecule has 2 aromatic rings. The van der Waals surface area contributed by atoms with E-state index in [0.29, 0.717) is 35.1 Å². The molecular formula is C33H39N3O2. The van der Waals surface area contributed by atoms with Gasteiger partial charge in [0.15, 0.2) is 0 Å². The van der Waals surface area contributed by atoms with Crippen LogP contribution in [0, 0.1) is 39.9 Å². The van der Waals surface area contributed by atoms with E-state index in [-0.39, 0.29) is 22.9 Å². The molecule has 4 aliphatic rings. The number of rotatable bonds is 3. The van der Waals surface area contributed by atoms with Crippen molar-refractivity contribution in [3.05, 3.63) is 59.3 Å². The number of allylic oxidation sites excluding steroid dienone is 1. The fourth-order valence-corrected chi connectivity index (χ4v) is 9.18. The van der Waals surface area contributed by atoms with Crippen molar-refractivity contribution in [3.63, 3.8) is 0 Å². The SMILES string of the molecule is CC(=O)O[C@H]1CC[C@@]2(C)C(=CC[C@H]3[C@@H]4CC[C@H](c5cc(-c6ccccc6)c(C#N)c(N)n5)[C@@]4(C)CC[C@@H]32)C1. The molecule has 6 rings (SSSR count). The minimum Gasteiger partial charge on any atom is -0.462 e. The summed E-state index contributed by atoms with van der Waals surface area (Å²) in [5, 5.41) is 9.86. The Morgan fingerprint density at radius 2 is 1.89 bits per heavy atom. The third-order valence-electron chi connectivity index (χ3n) is 11.0. The van der Waals surface area contributed by atoms with Crippen LogP contribution in [-0.2, 0) is 9.53 Å². The zero-order chi connectivity index (χ0) is 26.7. The van der Waals surface area contributed by atoms with Crippen molar-refractivity contribution >= 4 is 11.8 Å². The molecule has 0 saturated heterocycles. The molecule has 5 nitrogen and oxygen atoms in total. The van der Waals surface area contributed by atoms with Crippen LogP contribution in [0.3, 0.4) is 0 Å². The first-order chi connectivity index (χ1) is 18.2. The highest BCUT2D eigenvalue weighted by molar-refractivity contribution is 5.75. The Hall–Kier alpha value is -3.13. The third kappa shape index (κ3) is 3.87. The molecule has 1 aromatic heterocycles. The Bertz CT molecular complexity index is 1330. The van der Waals surface area contributed by atoms with E-state index >= 15 is 0 Å². The number of esters is 1. The van der Waals surface area contributed by atoms with E-state index < -0.39 is 0 Å². The van der Waals surface area contributed by atoms with E-state index in [1.54, 1.807) is 0 Å². The number of nitrogens with two attached hydrogens (primary N) is 1. The van der Waals surface area contributed by atoms with Gasteiger partial charge in [-0.05, 0) is 85.2 Å². The number of hydrogen-bond donors (Lipinski definition) is 1. The average molecular weight is 510 g/mol. The summed E-state index contributed by atoms with van der Waals surface area (Å²) in [6, 6.07) is 14.6. The molecule has 4 aliphatic carbocycles. The standard InChI is InChI=1S/C33H39N3O2/c1-20(37)38-23-13-15-32(2)22(17-23)9-10-24-27-11-12-29(33(27,3)16-14-28(24)32)30-18-25(21-7-5-4-6-8-21)26(19-34)31(35)36-30/h4-9,18,23-24,27-29H,10-17H2,1-3H3,(H2,35,36)/t23-,24-,27-,28-,29+,32-,33-/m0/s1. The topological polar surface area (TPSA) is 89.0 Å². The van der Waals surface area contributed by atoms with Crippen LogP contribution < -0.4 is 5.73 Å². The highest BCUT2D eigenvalue weighted by Gasteiger charge is 2.59. The number of carbonyl (C=O) groups excluding carboxylic acids is 1. The second kappa shape index (κ2) is 9.26. The monoisotopic (exact) mass is 509 g/mol. The van der Waals surface area contributed by atoms with Crippen molar-refractivity contribution in [3.8, 4) is 17.2 Å². The Kier molecular flexibility index (Phi) is 6.13.